The molecule has 0 radical (unpaired) electrons. The topological polar surface area (TPSA) is 77.1 Å². The largest absolute Gasteiger partial charge is 0.493 e. The summed E-state index contributed by atoms with van der Waals surface area (Å²) in [6, 6.07) is 5.47. The molecule has 1 fully saturated rings. The van der Waals surface area contributed by atoms with Crippen molar-refractivity contribution in [1.82, 2.24) is 0 Å². The molecule has 1 atom stereocenters. The van der Waals surface area contributed by atoms with Gasteiger partial charge in [0.2, 0.25) is 0 Å². The summed E-state index contributed by atoms with van der Waals surface area (Å²) in [6.07, 6.45) is 1.06. The van der Waals surface area contributed by atoms with Crippen molar-refractivity contribution in [3.05, 3.63) is 29.3 Å². The van der Waals surface area contributed by atoms with E-state index in [2.05, 4.69) is 5.16 Å². The molecule has 0 aliphatic carbocycles. The third kappa shape index (κ3) is 2.92. The maximum atomic E-state index is 8.61. The molecule has 5 nitrogen and oxygen atoms in total. The van der Waals surface area contributed by atoms with Gasteiger partial charge in [0.25, 0.3) is 0 Å². The summed E-state index contributed by atoms with van der Waals surface area (Å²) in [5.41, 5.74) is 7.19. The zero-order chi connectivity index (χ0) is 13.0. The highest BCUT2D eigenvalue weighted by molar-refractivity contribution is 5.97. The molecular formula is C13H18N2O3. The summed E-state index contributed by atoms with van der Waals surface area (Å²) in [7, 11) is 0. The Bertz CT molecular complexity index is 440. The van der Waals surface area contributed by atoms with Gasteiger partial charge in [0, 0.05) is 18.1 Å². The fraction of sp³-hybridized carbons (Fsp3) is 0.462. The number of rotatable bonds is 4. The van der Waals surface area contributed by atoms with Crippen LogP contribution >= 0.6 is 0 Å². The molecule has 0 aromatic heterocycles. The van der Waals surface area contributed by atoms with E-state index in [9.17, 15) is 0 Å². The molecule has 5 heteroatoms. The Morgan fingerprint density at radius 2 is 2.44 bits per heavy atom. The molecule has 1 aromatic rings. The summed E-state index contributed by atoms with van der Waals surface area (Å²) in [6.45, 7) is 4.22. The summed E-state index contributed by atoms with van der Waals surface area (Å²) in [5, 5.41) is 11.6. The van der Waals surface area contributed by atoms with E-state index in [1.807, 2.05) is 19.1 Å². The second-order valence-corrected chi connectivity index (χ2v) is 4.51. The standard InChI is InChI=1S/C13H18N2O3/c1-9-6-11(13(14)15-16)2-3-12(9)18-8-10-4-5-17-7-10/h2-3,6,10,16H,4-5,7-8H2,1H3,(H2,14,15). The van der Waals surface area contributed by atoms with Gasteiger partial charge >= 0.3 is 0 Å². The van der Waals surface area contributed by atoms with Crippen LogP contribution in [0.4, 0.5) is 0 Å². The molecule has 2 rings (SSSR count). The smallest absolute Gasteiger partial charge is 0.170 e. The second kappa shape index (κ2) is 5.73. The number of nitrogens with zero attached hydrogens (tertiary/aromatic N) is 1. The van der Waals surface area contributed by atoms with Crippen molar-refractivity contribution in [3.63, 3.8) is 0 Å². The lowest BCUT2D eigenvalue weighted by Gasteiger charge is -2.13. The summed E-state index contributed by atoms with van der Waals surface area (Å²) >= 11 is 0. The molecule has 0 saturated carbocycles. The van der Waals surface area contributed by atoms with Gasteiger partial charge in [-0.3, -0.25) is 0 Å². The number of hydrogen-bond acceptors (Lipinski definition) is 4. The Morgan fingerprint density at radius 1 is 1.61 bits per heavy atom. The number of nitrogens with two attached hydrogens (primary N) is 1. The van der Waals surface area contributed by atoms with Crippen LogP contribution in [-0.4, -0.2) is 30.9 Å². The van der Waals surface area contributed by atoms with Crippen LogP contribution in [0, 0.1) is 12.8 Å². The van der Waals surface area contributed by atoms with Gasteiger partial charge in [-0.05, 0) is 37.1 Å². The minimum absolute atomic E-state index is 0.105. The average molecular weight is 250 g/mol. The number of hydrogen-bond donors (Lipinski definition) is 2. The summed E-state index contributed by atoms with van der Waals surface area (Å²) in [5.74, 6) is 1.42. The normalized spacial score (nSPS) is 20.1. The van der Waals surface area contributed by atoms with E-state index >= 15 is 0 Å². The van der Waals surface area contributed by atoms with E-state index in [0.717, 1.165) is 30.9 Å². The Labute approximate surface area is 106 Å². The van der Waals surface area contributed by atoms with Gasteiger partial charge in [0.1, 0.15) is 5.75 Å². The first-order valence-electron chi connectivity index (χ1n) is 6.00. The minimum atomic E-state index is 0.105. The van der Waals surface area contributed by atoms with Crippen molar-refractivity contribution >= 4 is 5.84 Å². The lowest BCUT2D eigenvalue weighted by Crippen LogP contribution is -2.14. The molecule has 0 spiro atoms. The highest BCUT2D eigenvalue weighted by Gasteiger charge is 2.16. The number of benzene rings is 1. The van der Waals surface area contributed by atoms with Crippen LogP contribution in [0.2, 0.25) is 0 Å². The molecule has 0 bridgehead atoms. The van der Waals surface area contributed by atoms with Crippen molar-refractivity contribution in [1.29, 1.82) is 0 Å². The third-order valence-electron chi connectivity index (χ3n) is 3.08. The minimum Gasteiger partial charge on any atom is -0.493 e. The first kappa shape index (κ1) is 12.7. The fourth-order valence-electron chi connectivity index (χ4n) is 1.95. The van der Waals surface area contributed by atoms with Gasteiger partial charge in [-0.25, -0.2) is 0 Å². The summed E-state index contributed by atoms with van der Waals surface area (Å²) in [4.78, 5) is 0. The number of ether oxygens (including phenoxy) is 2. The van der Waals surface area contributed by atoms with Crippen LogP contribution < -0.4 is 10.5 Å². The van der Waals surface area contributed by atoms with Crippen molar-refractivity contribution in [3.8, 4) is 5.75 Å². The molecule has 0 amide bonds. The van der Waals surface area contributed by atoms with Crippen LogP contribution in [0.1, 0.15) is 17.5 Å². The summed E-state index contributed by atoms with van der Waals surface area (Å²) < 4.78 is 11.1. The predicted octanol–water partition coefficient (Wildman–Crippen LogP) is 1.50. The first-order chi connectivity index (χ1) is 8.70. The van der Waals surface area contributed by atoms with Crippen molar-refractivity contribution in [2.45, 2.75) is 13.3 Å². The van der Waals surface area contributed by atoms with Crippen molar-refractivity contribution < 1.29 is 14.7 Å². The molecule has 1 heterocycles. The number of amidine groups is 1. The molecular weight excluding hydrogens is 232 g/mol. The monoisotopic (exact) mass is 250 g/mol. The van der Waals surface area contributed by atoms with Gasteiger partial charge in [-0.15, -0.1) is 0 Å². The van der Waals surface area contributed by atoms with E-state index in [4.69, 9.17) is 20.4 Å². The molecule has 1 aromatic carbocycles. The lowest BCUT2D eigenvalue weighted by molar-refractivity contribution is 0.167. The zero-order valence-electron chi connectivity index (χ0n) is 10.4. The lowest BCUT2D eigenvalue weighted by atomic mass is 10.1. The van der Waals surface area contributed by atoms with Crippen LogP contribution in [-0.2, 0) is 4.74 Å². The van der Waals surface area contributed by atoms with Crippen LogP contribution in [0.5, 0.6) is 5.75 Å². The highest BCUT2D eigenvalue weighted by atomic mass is 16.5. The fourth-order valence-corrected chi connectivity index (χ4v) is 1.95. The molecule has 3 N–H and O–H groups in total. The van der Waals surface area contributed by atoms with Crippen LogP contribution in [0.25, 0.3) is 0 Å². The van der Waals surface area contributed by atoms with E-state index in [1.54, 1.807) is 6.07 Å². The van der Waals surface area contributed by atoms with E-state index in [0.29, 0.717) is 18.1 Å². The third-order valence-corrected chi connectivity index (χ3v) is 3.08. The first-order valence-corrected chi connectivity index (χ1v) is 6.00. The Morgan fingerprint density at radius 3 is 3.06 bits per heavy atom. The van der Waals surface area contributed by atoms with Crippen LogP contribution in [0.3, 0.4) is 0 Å². The van der Waals surface area contributed by atoms with Gasteiger partial charge in [0.15, 0.2) is 5.84 Å². The quantitative estimate of drug-likeness (QED) is 0.367. The molecule has 18 heavy (non-hydrogen) atoms. The van der Waals surface area contributed by atoms with E-state index in [-0.39, 0.29) is 5.84 Å². The second-order valence-electron chi connectivity index (χ2n) is 4.51. The Balaban J connectivity index is 2.00. The van der Waals surface area contributed by atoms with Gasteiger partial charge in [-0.2, -0.15) is 0 Å². The Kier molecular flexibility index (Phi) is 4.04. The highest BCUT2D eigenvalue weighted by Crippen LogP contribution is 2.21. The average Bonchev–Trinajstić information content (AvgIpc) is 2.89. The zero-order valence-corrected chi connectivity index (χ0v) is 10.4. The number of oxime groups is 1. The van der Waals surface area contributed by atoms with E-state index < -0.39 is 0 Å². The van der Waals surface area contributed by atoms with Gasteiger partial charge in [-0.1, -0.05) is 5.16 Å². The van der Waals surface area contributed by atoms with Gasteiger partial charge < -0.3 is 20.4 Å². The molecule has 1 saturated heterocycles. The molecule has 1 unspecified atom stereocenters. The maximum absolute atomic E-state index is 8.61. The van der Waals surface area contributed by atoms with Gasteiger partial charge in [0.05, 0.1) is 13.2 Å². The van der Waals surface area contributed by atoms with Crippen LogP contribution in [0.15, 0.2) is 23.4 Å². The molecule has 1 aliphatic heterocycles. The van der Waals surface area contributed by atoms with Crippen molar-refractivity contribution in [2.24, 2.45) is 16.8 Å². The van der Waals surface area contributed by atoms with Crippen molar-refractivity contribution in [2.75, 3.05) is 19.8 Å². The Hall–Kier alpha value is -1.75. The molecule has 1 aliphatic rings. The number of aryl methyl sites for hydroxylation is 1. The maximum Gasteiger partial charge on any atom is 0.170 e. The SMILES string of the molecule is Cc1cc(C(N)=NO)ccc1OCC1CCOC1. The van der Waals surface area contributed by atoms with E-state index in [1.165, 1.54) is 0 Å². The molecule has 98 valence electrons. The predicted molar refractivity (Wildman–Crippen MR) is 68.1 cm³/mol.